The van der Waals surface area contributed by atoms with Gasteiger partial charge in [-0.1, -0.05) is 36.4 Å². The lowest BCUT2D eigenvalue weighted by atomic mass is 10.0. The van der Waals surface area contributed by atoms with Gasteiger partial charge >= 0.3 is 0 Å². The molecule has 2 nitrogen and oxygen atoms in total. The van der Waals surface area contributed by atoms with E-state index in [9.17, 15) is 0 Å². The molecular weight excluding hydrogens is 232 g/mol. The molecular formula is C17H22N2. The van der Waals surface area contributed by atoms with Gasteiger partial charge in [0.2, 0.25) is 0 Å². The van der Waals surface area contributed by atoms with Gasteiger partial charge < -0.3 is 9.80 Å². The second-order valence-electron chi connectivity index (χ2n) is 5.22. The monoisotopic (exact) mass is 254 g/mol. The van der Waals surface area contributed by atoms with E-state index in [0.717, 1.165) is 6.42 Å². The SMILES string of the molecule is CN(C)c1ccccc1Cc1ccccc1N(C)C. The second-order valence-corrected chi connectivity index (χ2v) is 5.22. The normalized spacial score (nSPS) is 10.3. The number of hydrogen-bond acceptors (Lipinski definition) is 2. The molecule has 0 fully saturated rings. The first kappa shape index (κ1) is 13.5. The van der Waals surface area contributed by atoms with Gasteiger partial charge in [-0.05, 0) is 23.3 Å². The maximum absolute atomic E-state index is 2.21. The van der Waals surface area contributed by atoms with Crippen LogP contribution in [0, 0.1) is 0 Å². The van der Waals surface area contributed by atoms with Crippen LogP contribution in [0.25, 0.3) is 0 Å². The van der Waals surface area contributed by atoms with Crippen molar-refractivity contribution in [1.29, 1.82) is 0 Å². The van der Waals surface area contributed by atoms with Crippen molar-refractivity contribution in [2.45, 2.75) is 6.42 Å². The number of rotatable bonds is 4. The molecule has 0 atom stereocenters. The molecule has 0 bridgehead atoms. The predicted molar refractivity (Wildman–Crippen MR) is 84.3 cm³/mol. The summed E-state index contributed by atoms with van der Waals surface area (Å²) in [5, 5.41) is 0. The Morgan fingerprint density at radius 3 is 1.37 bits per heavy atom. The molecule has 2 rings (SSSR count). The van der Waals surface area contributed by atoms with E-state index in [1.54, 1.807) is 0 Å². The van der Waals surface area contributed by atoms with Gasteiger partial charge in [0.1, 0.15) is 0 Å². The lowest BCUT2D eigenvalue weighted by Crippen LogP contribution is -2.13. The minimum Gasteiger partial charge on any atom is -0.377 e. The Morgan fingerprint density at radius 1 is 0.632 bits per heavy atom. The van der Waals surface area contributed by atoms with Crippen molar-refractivity contribution in [3.63, 3.8) is 0 Å². The van der Waals surface area contributed by atoms with Crippen molar-refractivity contribution in [3.05, 3.63) is 59.7 Å². The number of hydrogen-bond donors (Lipinski definition) is 0. The van der Waals surface area contributed by atoms with E-state index < -0.39 is 0 Å². The van der Waals surface area contributed by atoms with Crippen molar-refractivity contribution in [3.8, 4) is 0 Å². The van der Waals surface area contributed by atoms with Gasteiger partial charge in [0, 0.05) is 46.0 Å². The van der Waals surface area contributed by atoms with Crippen LogP contribution in [0.4, 0.5) is 11.4 Å². The van der Waals surface area contributed by atoms with Crippen LogP contribution < -0.4 is 9.80 Å². The quantitative estimate of drug-likeness (QED) is 0.825. The van der Waals surface area contributed by atoms with E-state index in [1.165, 1.54) is 22.5 Å². The predicted octanol–water partition coefficient (Wildman–Crippen LogP) is 3.41. The molecule has 0 saturated heterocycles. The zero-order valence-corrected chi connectivity index (χ0v) is 12.2. The summed E-state index contributed by atoms with van der Waals surface area (Å²) >= 11 is 0. The van der Waals surface area contributed by atoms with Gasteiger partial charge in [-0.25, -0.2) is 0 Å². The molecule has 0 aliphatic rings. The summed E-state index contributed by atoms with van der Waals surface area (Å²) in [4.78, 5) is 4.35. The molecule has 0 radical (unpaired) electrons. The van der Waals surface area contributed by atoms with Crippen LogP contribution in [0.3, 0.4) is 0 Å². The molecule has 2 heteroatoms. The fourth-order valence-corrected chi connectivity index (χ4v) is 2.40. The Bertz CT molecular complexity index is 495. The van der Waals surface area contributed by atoms with E-state index in [1.807, 2.05) is 0 Å². The molecule has 2 aromatic rings. The topological polar surface area (TPSA) is 6.48 Å². The standard InChI is InChI=1S/C17H22N2/c1-18(2)16-11-7-5-9-14(16)13-15-10-6-8-12-17(15)19(3)4/h5-12H,13H2,1-4H3. The zero-order chi connectivity index (χ0) is 13.8. The minimum atomic E-state index is 0.961. The Kier molecular flexibility index (Phi) is 4.10. The average Bonchev–Trinajstić information content (AvgIpc) is 2.39. The van der Waals surface area contributed by atoms with Crippen LogP contribution in [-0.4, -0.2) is 28.2 Å². The fraction of sp³-hybridized carbons (Fsp3) is 0.294. The van der Waals surface area contributed by atoms with Gasteiger partial charge in [0.15, 0.2) is 0 Å². The van der Waals surface area contributed by atoms with Crippen LogP contribution >= 0.6 is 0 Å². The molecule has 19 heavy (non-hydrogen) atoms. The summed E-state index contributed by atoms with van der Waals surface area (Å²) < 4.78 is 0. The van der Waals surface area contributed by atoms with Crippen LogP contribution in [0.15, 0.2) is 48.5 Å². The highest BCUT2D eigenvalue weighted by atomic mass is 15.1. The van der Waals surface area contributed by atoms with E-state index in [4.69, 9.17) is 0 Å². The first-order valence-electron chi connectivity index (χ1n) is 6.60. The lowest BCUT2D eigenvalue weighted by Gasteiger charge is -2.20. The van der Waals surface area contributed by atoms with E-state index in [0.29, 0.717) is 0 Å². The maximum Gasteiger partial charge on any atom is 0.0396 e. The van der Waals surface area contributed by atoms with Crippen LogP contribution in [-0.2, 0) is 6.42 Å². The molecule has 0 N–H and O–H groups in total. The zero-order valence-electron chi connectivity index (χ0n) is 12.2. The van der Waals surface area contributed by atoms with Crippen molar-refractivity contribution < 1.29 is 0 Å². The largest absolute Gasteiger partial charge is 0.377 e. The van der Waals surface area contributed by atoms with E-state index >= 15 is 0 Å². The van der Waals surface area contributed by atoms with Crippen molar-refractivity contribution >= 4 is 11.4 Å². The van der Waals surface area contributed by atoms with Gasteiger partial charge in [-0.2, -0.15) is 0 Å². The van der Waals surface area contributed by atoms with Crippen molar-refractivity contribution in [2.75, 3.05) is 38.0 Å². The van der Waals surface area contributed by atoms with Crippen molar-refractivity contribution in [1.82, 2.24) is 0 Å². The summed E-state index contributed by atoms with van der Waals surface area (Å²) in [5.41, 5.74) is 5.30. The first-order valence-corrected chi connectivity index (χ1v) is 6.60. The fourth-order valence-electron chi connectivity index (χ4n) is 2.40. The Labute approximate surface area is 116 Å². The highest BCUT2D eigenvalue weighted by Gasteiger charge is 2.08. The molecule has 100 valence electrons. The Hall–Kier alpha value is -1.96. The molecule has 0 spiro atoms. The molecule has 0 aliphatic carbocycles. The number of benzene rings is 2. The third kappa shape index (κ3) is 3.08. The smallest absolute Gasteiger partial charge is 0.0396 e. The molecule has 0 heterocycles. The van der Waals surface area contributed by atoms with E-state index in [-0.39, 0.29) is 0 Å². The number of anilines is 2. The number of para-hydroxylation sites is 2. The van der Waals surface area contributed by atoms with Crippen LogP contribution in [0.2, 0.25) is 0 Å². The second kappa shape index (κ2) is 5.79. The van der Waals surface area contributed by atoms with Crippen LogP contribution in [0.1, 0.15) is 11.1 Å². The maximum atomic E-state index is 2.21. The first-order chi connectivity index (χ1) is 9.09. The highest BCUT2D eigenvalue weighted by Crippen LogP contribution is 2.26. The van der Waals surface area contributed by atoms with Gasteiger partial charge in [0.25, 0.3) is 0 Å². The summed E-state index contributed by atoms with van der Waals surface area (Å²) in [5.74, 6) is 0. The summed E-state index contributed by atoms with van der Waals surface area (Å²) in [6.45, 7) is 0. The van der Waals surface area contributed by atoms with Gasteiger partial charge in [0.05, 0.1) is 0 Å². The molecule has 2 aromatic carbocycles. The lowest BCUT2D eigenvalue weighted by molar-refractivity contribution is 1.06. The van der Waals surface area contributed by atoms with Gasteiger partial charge in [-0.15, -0.1) is 0 Å². The van der Waals surface area contributed by atoms with E-state index in [2.05, 4.69) is 86.5 Å². The Balaban J connectivity index is 2.37. The highest BCUT2D eigenvalue weighted by molar-refractivity contribution is 5.59. The molecule has 0 aliphatic heterocycles. The third-order valence-corrected chi connectivity index (χ3v) is 3.33. The summed E-state index contributed by atoms with van der Waals surface area (Å²) in [7, 11) is 8.38. The third-order valence-electron chi connectivity index (χ3n) is 3.33. The molecule has 0 unspecified atom stereocenters. The summed E-state index contributed by atoms with van der Waals surface area (Å²) in [6.07, 6.45) is 0.961. The van der Waals surface area contributed by atoms with Crippen molar-refractivity contribution in [2.24, 2.45) is 0 Å². The van der Waals surface area contributed by atoms with Crippen LogP contribution in [0.5, 0.6) is 0 Å². The Morgan fingerprint density at radius 2 is 1.00 bits per heavy atom. The molecule has 0 saturated carbocycles. The van der Waals surface area contributed by atoms with Gasteiger partial charge in [-0.3, -0.25) is 0 Å². The number of nitrogens with zero attached hydrogens (tertiary/aromatic N) is 2. The molecule has 0 aromatic heterocycles. The minimum absolute atomic E-state index is 0.961. The summed E-state index contributed by atoms with van der Waals surface area (Å²) in [6, 6.07) is 17.2. The average molecular weight is 254 g/mol. The molecule has 0 amide bonds.